The summed E-state index contributed by atoms with van der Waals surface area (Å²) >= 11 is 0. The van der Waals surface area contributed by atoms with E-state index >= 15 is 0 Å². The van der Waals surface area contributed by atoms with Crippen molar-refractivity contribution in [3.8, 4) is 0 Å². The lowest BCUT2D eigenvalue weighted by Gasteiger charge is -2.48. The molecule has 2 aliphatic rings. The quantitative estimate of drug-likeness (QED) is 0.498. The van der Waals surface area contributed by atoms with Crippen molar-refractivity contribution in [1.82, 2.24) is 0 Å². The van der Waals surface area contributed by atoms with E-state index in [1.165, 1.54) is 5.56 Å². The Kier molecular flexibility index (Phi) is 4.74. The highest BCUT2D eigenvalue weighted by molar-refractivity contribution is 5.62. The van der Waals surface area contributed by atoms with Crippen molar-refractivity contribution in [3.05, 3.63) is 35.9 Å². The van der Waals surface area contributed by atoms with Crippen LogP contribution >= 0.6 is 0 Å². The van der Waals surface area contributed by atoms with E-state index in [9.17, 15) is 5.11 Å². The summed E-state index contributed by atoms with van der Waals surface area (Å²) < 4.78 is 0. The molecule has 0 spiro atoms. The minimum Gasteiger partial charge on any atom is -0.395 e. The summed E-state index contributed by atoms with van der Waals surface area (Å²) in [4.78, 5) is 5.16. The third kappa shape index (κ3) is 3.02. The fourth-order valence-electron chi connectivity index (χ4n) is 4.55. The lowest BCUT2D eigenvalue weighted by Crippen LogP contribution is -2.49. The summed E-state index contributed by atoms with van der Waals surface area (Å²) in [5.41, 5.74) is 6.06. The summed E-state index contributed by atoms with van der Waals surface area (Å²) in [6.07, 6.45) is 6.72. The summed E-state index contributed by atoms with van der Waals surface area (Å²) in [5, 5.41) is 15.4. The summed E-state index contributed by atoms with van der Waals surface area (Å²) in [7, 11) is 0. The average molecular weight is 316 g/mol. The Morgan fingerprint density at radius 1 is 1.30 bits per heavy atom. The van der Waals surface area contributed by atoms with E-state index in [4.69, 9.17) is 10.6 Å². The highest BCUT2D eigenvalue weighted by Gasteiger charge is 2.58. The SMILES string of the molecule is CC12CCC(c3ccccc3)CC1(O)CCC2/C=N/OCCN. The van der Waals surface area contributed by atoms with E-state index in [-0.39, 0.29) is 11.3 Å². The van der Waals surface area contributed by atoms with Crippen LogP contribution in [0.4, 0.5) is 0 Å². The van der Waals surface area contributed by atoms with Gasteiger partial charge in [0.05, 0.1) is 5.60 Å². The van der Waals surface area contributed by atoms with Gasteiger partial charge in [0.25, 0.3) is 0 Å². The Morgan fingerprint density at radius 3 is 2.83 bits per heavy atom. The maximum absolute atomic E-state index is 11.4. The zero-order chi connectivity index (χ0) is 16.3. The molecule has 3 rings (SSSR count). The summed E-state index contributed by atoms with van der Waals surface area (Å²) in [6, 6.07) is 10.6. The largest absolute Gasteiger partial charge is 0.395 e. The molecule has 23 heavy (non-hydrogen) atoms. The molecule has 3 N–H and O–H groups in total. The third-order valence-electron chi connectivity index (χ3n) is 6.14. The average Bonchev–Trinajstić information content (AvgIpc) is 2.83. The number of hydrogen-bond acceptors (Lipinski definition) is 4. The zero-order valence-corrected chi connectivity index (χ0v) is 13.9. The van der Waals surface area contributed by atoms with Gasteiger partial charge in [0.2, 0.25) is 0 Å². The maximum atomic E-state index is 11.4. The lowest BCUT2D eigenvalue weighted by molar-refractivity contribution is -0.0959. The molecule has 4 nitrogen and oxygen atoms in total. The maximum Gasteiger partial charge on any atom is 0.129 e. The van der Waals surface area contributed by atoms with Gasteiger partial charge in [0.15, 0.2) is 0 Å². The van der Waals surface area contributed by atoms with Crippen LogP contribution in [0.3, 0.4) is 0 Å². The van der Waals surface area contributed by atoms with Gasteiger partial charge >= 0.3 is 0 Å². The molecule has 0 saturated heterocycles. The minimum atomic E-state index is -0.601. The number of benzene rings is 1. The molecule has 0 heterocycles. The fraction of sp³-hybridized carbons (Fsp3) is 0.632. The van der Waals surface area contributed by atoms with E-state index in [1.54, 1.807) is 0 Å². The van der Waals surface area contributed by atoms with Crippen LogP contribution in [-0.4, -0.2) is 30.1 Å². The number of fused-ring (bicyclic) bond motifs is 1. The number of nitrogens with two attached hydrogens (primary N) is 1. The highest BCUT2D eigenvalue weighted by atomic mass is 16.6. The fourth-order valence-corrected chi connectivity index (χ4v) is 4.55. The lowest BCUT2D eigenvalue weighted by atomic mass is 9.59. The first kappa shape index (κ1) is 16.5. The summed E-state index contributed by atoms with van der Waals surface area (Å²) in [6.45, 7) is 3.14. The van der Waals surface area contributed by atoms with E-state index < -0.39 is 5.60 Å². The van der Waals surface area contributed by atoms with Crippen molar-refractivity contribution in [2.45, 2.75) is 50.5 Å². The molecule has 2 aliphatic carbocycles. The van der Waals surface area contributed by atoms with Crippen LogP contribution in [0.15, 0.2) is 35.5 Å². The number of oxime groups is 1. The summed E-state index contributed by atoms with van der Waals surface area (Å²) in [5.74, 6) is 0.737. The normalized spacial score (nSPS) is 37.0. The number of nitrogens with zero attached hydrogens (tertiary/aromatic N) is 1. The van der Waals surface area contributed by atoms with E-state index in [0.717, 1.165) is 32.1 Å². The Hall–Kier alpha value is -1.39. The molecule has 4 atom stereocenters. The smallest absolute Gasteiger partial charge is 0.129 e. The van der Waals surface area contributed by atoms with E-state index in [0.29, 0.717) is 19.1 Å². The van der Waals surface area contributed by atoms with Gasteiger partial charge in [-0.1, -0.05) is 42.4 Å². The molecule has 126 valence electrons. The van der Waals surface area contributed by atoms with Crippen LogP contribution in [0.5, 0.6) is 0 Å². The van der Waals surface area contributed by atoms with Gasteiger partial charge in [-0.25, -0.2) is 0 Å². The topological polar surface area (TPSA) is 67.8 Å². The van der Waals surface area contributed by atoms with Gasteiger partial charge in [-0.2, -0.15) is 0 Å². The Balaban J connectivity index is 1.72. The van der Waals surface area contributed by atoms with Crippen molar-refractivity contribution in [2.24, 2.45) is 22.2 Å². The molecule has 0 amide bonds. The van der Waals surface area contributed by atoms with Crippen molar-refractivity contribution < 1.29 is 9.94 Å². The molecule has 2 saturated carbocycles. The van der Waals surface area contributed by atoms with Crippen molar-refractivity contribution >= 4 is 6.21 Å². The minimum absolute atomic E-state index is 0.103. The first-order valence-corrected chi connectivity index (χ1v) is 8.72. The molecular formula is C19H28N2O2. The van der Waals surface area contributed by atoms with Crippen molar-refractivity contribution in [3.63, 3.8) is 0 Å². The molecule has 0 radical (unpaired) electrons. The van der Waals surface area contributed by atoms with Gasteiger partial charge in [0, 0.05) is 24.1 Å². The van der Waals surface area contributed by atoms with E-state index in [2.05, 4.69) is 42.4 Å². The first-order valence-electron chi connectivity index (χ1n) is 8.72. The zero-order valence-electron chi connectivity index (χ0n) is 13.9. The number of rotatable bonds is 5. The molecule has 0 bridgehead atoms. The van der Waals surface area contributed by atoms with Crippen LogP contribution in [0.2, 0.25) is 0 Å². The van der Waals surface area contributed by atoms with Crippen LogP contribution in [0.1, 0.15) is 50.5 Å². The first-order chi connectivity index (χ1) is 11.1. The Labute approximate surface area is 138 Å². The second-order valence-electron chi connectivity index (χ2n) is 7.32. The predicted molar refractivity (Wildman–Crippen MR) is 92.3 cm³/mol. The monoisotopic (exact) mass is 316 g/mol. The standard InChI is InChI=1S/C19H28N2O2/c1-18-9-7-16(15-5-3-2-4-6-15)13-19(18,22)10-8-17(18)14-21-23-12-11-20/h2-6,14,16-17,22H,7-13,20H2,1H3/b21-14+. The molecule has 4 unspecified atom stereocenters. The number of hydrogen-bond donors (Lipinski definition) is 2. The van der Waals surface area contributed by atoms with Gasteiger partial charge in [0.1, 0.15) is 6.61 Å². The second-order valence-corrected chi connectivity index (χ2v) is 7.32. The van der Waals surface area contributed by atoms with Crippen LogP contribution in [0.25, 0.3) is 0 Å². The van der Waals surface area contributed by atoms with Gasteiger partial charge in [-0.3, -0.25) is 0 Å². The van der Waals surface area contributed by atoms with E-state index in [1.807, 2.05) is 6.21 Å². The van der Waals surface area contributed by atoms with Crippen molar-refractivity contribution in [2.75, 3.05) is 13.2 Å². The number of aliphatic hydroxyl groups is 1. The Morgan fingerprint density at radius 2 is 2.09 bits per heavy atom. The van der Waals surface area contributed by atoms with Gasteiger partial charge < -0.3 is 15.7 Å². The highest BCUT2D eigenvalue weighted by Crippen LogP contribution is 2.60. The molecule has 0 aromatic heterocycles. The molecule has 0 aliphatic heterocycles. The van der Waals surface area contributed by atoms with Crippen LogP contribution in [-0.2, 0) is 4.84 Å². The molecular weight excluding hydrogens is 288 g/mol. The van der Waals surface area contributed by atoms with Crippen LogP contribution in [0, 0.1) is 11.3 Å². The molecule has 4 heteroatoms. The molecule has 1 aromatic carbocycles. The third-order valence-corrected chi connectivity index (χ3v) is 6.14. The van der Waals surface area contributed by atoms with Gasteiger partial charge in [-0.05, 0) is 43.6 Å². The Bertz CT molecular complexity index is 548. The predicted octanol–water partition coefficient (Wildman–Crippen LogP) is 3.06. The second kappa shape index (κ2) is 6.62. The van der Waals surface area contributed by atoms with Crippen LogP contribution < -0.4 is 5.73 Å². The molecule has 2 fully saturated rings. The molecule has 1 aromatic rings. The van der Waals surface area contributed by atoms with Crippen molar-refractivity contribution in [1.29, 1.82) is 0 Å². The van der Waals surface area contributed by atoms with Gasteiger partial charge in [-0.15, -0.1) is 0 Å².